The molecule has 0 aromatic rings. The van der Waals surface area contributed by atoms with Crippen LogP contribution in [-0.2, 0) is 4.79 Å². The number of allylic oxidation sites excluding steroid dienone is 2. The van der Waals surface area contributed by atoms with Gasteiger partial charge in [-0.25, -0.2) is 0 Å². The summed E-state index contributed by atoms with van der Waals surface area (Å²) in [7, 11) is 0. The van der Waals surface area contributed by atoms with Crippen molar-refractivity contribution in [2.75, 3.05) is 0 Å². The quantitative estimate of drug-likeness (QED) is 0.582. The molecule has 0 N–H and O–H groups in total. The van der Waals surface area contributed by atoms with Crippen LogP contribution in [0.4, 0.5) is 0 Å². The summed E-state index contributed by atoms with van der Waals surface area (Å²) in [4.78, 5) is 11.5. The standard InChI is InChI=1S/C11H16O/c1-2-9-10-6-4-3-5-8(10)7-11(9)12/h8H,2-7H2,1H3. The largest absolute Gasteiger partial charge is 0.295 e. The molecule has 2 aliphatic carbocycles. The average molecular weight is 164 g/mol. The van der Waals surface area contributed by atoms with Crippen molar-refractivity contribution in [2.45, 2.75) is 45.4 Å². The lowest BCUT2D eigenvalue weighted by Gasteiger charge is -2.20. The lowest BCUT2D eigenvalue weighted by molar-refractivity contribution is -0.115. The topological polar surface area (TPSA) is 17.1 Å². The lowest BCUT2D eigenvalue weighted by atomic mass is 9.85. The summed E-state index contributed by atoms with van der Waals surface area (Å²) in [5.41, 5.74) is 2.70. The van der Waals surface area contributed by atoms with Crippen LogP contribution < -0.4 is 0 Å². The van der Waals surface area contributed by atoms with Gasteiger partial charge in [0.1, 0.15) is 0 Å². The van der Waals surface area contributed by atoms with Crippen molar-refractivity contribution in [3.8, 4) is 0 Å². The highest BCUT2D eigenvalue weighted by Gasteiger charge is 2.31. The first-order valence-corrected chi connectivity index (χ1v) is 5.08. The Balaban J connectivity index is 2.28. The van der Waals surface area contributed by atoms with Crippen molar-refractivity contribution in [3.05, 3.63) is 11.1 Å². The number of hydrogen-bond donors (Lipinski definition) is 0. The summed E-state index contributed by atoms with van der Waals surface area (Å²) in [6, 6.07) is 0. The zero-order chi connectivity index (χ0) is 8.55. The summed E-state index contributed by atoms with van der Waals surface area (Å²) in [6.07, 6.45) is 6.91. The third-order valence-electron chi connectivity index (χ3n) is 3.25. The van der Waals surface area contributed by atoms with Crippen molar-refractivity contribution in [2.24, 2.45) is 5.92 Å². The van der Waals surface area contributed by atoms with Gasteiger partial charge in [-0.3, -0.25) is 4.79 Å². The number of hydrogen-bond acceptors (Lipinski definition) is 1. The highest BCUT2D eigenvalue weighted by molar-refractivity contribution is 5.99. The van der Waals surface area contributed by atoms with Crippen LogP contribution in [0.3, 0.4) is 0 Å². The summed E-state index contributed by atoms with van der Waals surface area (Å²) < 4.78 is 0. The molecule has 0 saturated heterocycles. The minimum atomic E-state index is 0.444. The first-order chi connectivity index (χ1) is 5.83. The van der Waals surface area contributed by atoms with Crippen LogP contribution in [0, 0.1) is 5.92 Å². The second-order valence-corrected chi connectivity index (χ2v) is 3.93. The van der Waals surface area contributed by atoms with Gasteiger partial charge < -0.3 is 0 Å². The lowest BCUT2D eigenvalue weighted by Crippen LogP contribution is -2.06. The maximum absolute atomic E-state index is 11.5. The summed E-state index contributed by atoms with van der Waals surface area (Å²) in [6.45, 7) is 2.11. The van der Waals surface area contributed by atoms with Crippen LogP contribution in [0.15, 0.2) is 11.1 Å². The Labute approximate surface area is 73.8 Å². The molecule has 1 nitrogen and oxygen atoms in total. The number of carbonyl (C=O) groups excluding carboxylic acids is 1. The van der Waals surface area contributed by atoms with E-state index < -0.39 is 0 Å². The van der Waals surface area contributed by atoms with E-state index in [0.29, 0.717) is 11.7 Å². The number of Topliss-reactive ketones (excluding diaryl/α,β-unsaturated/α-hetero) is 1. The molecule has 1 saturated carbocycles. The number of fused-ring (bicyclic) bond motifs is 1. The van der Waals surface area contributed by atoms with E-state index in [1.54, 1.807) is 0 Å². The fourth-order valence-corrected chi connectivity index (χ4v) is 2.66. The van der Waals surface area contributed by atoms with E-state index in [-0.39, 0.29) is 0 Å². The third-order valence-corrected chi connectivity index (χ3v) is 3.25. The van der Waals surface area contributed by atoms with Gasteiger partial charge in [0.2, 0.25) is 0 Å². The molecule has 1 fully saturated rings. The molecule has 66 valence electrons. The first-order valence-electron chi connectivity index (χ1n) is 5.08. The van der Waals surface area contributed by atoms with Crippen LogP contribution in [0.1, 0.15) is 45.4 Å². The number of rotatable bonds is 1. The van der Waals surface area contributed by atoms with E-state index in [1.165, 1.54) is 36.8 Å². The fourth-order valence-electron chi connectivity index (χ4n) is 2.66. The molecule has 2 aliphatic rings. The van der Waals surface area contributed by atoms with Crippen molar-refractivity contribution < 1.29 is 4.79 Å². The van der Waals surface area contributed by atoms with Crippen molar-refractivity contribution in [1.82, 2.24) is 0 Å². The molecule has 0 aromatic heterocycles. The third kappa shape index (κ3) is 1.12. The van der Waals surface area contributed by atoms with E-state index in [1.807, 2.05) is 0 Å². The van der Waals surface area contributed by atoms with Crippen LogP contribution in [0.5, 0.6) is 0 Å². The van der Waals surface area contributed by atoms with Crippen LogP contribution in [-0.4, -0.2) is 5.78 Å². The second-order valence-electron chi connectivity index (χ2n) is 3.93. The molecule has 0 aromatic carbocycles. The van der Waals surface area contributed by atoms with Gasteiger partial charge in [-0.15, -0.1) is 0 Å². The minimum Gasteiger partial charge on any atom is -0.295 e. The molecule has 0 bridgehead atoms. The van der Waals surface area contributed by atoms with Gasteiger partial charge in [0.05, 0.1) is 0 Å². The van der Waals surface area contributed by atoms with E-state index in [0.717, 1.165) is 12.8 Å². The Morgan fingerprint density at radius 1 is 1.42 bits per heavy atom. The fraction of sp³-hybridized carbons (Fsp3) is 0.727. The van der Waals surface area contributed by atoms with Gasteiger partial charge in [0.15, 0.2) is 5.78 Å². The highest BCUT2D eigenvalue weighted by Crippen LogP contribution is 2.40. The Morgan fingerprint density at radius 3 is 3.00 bits per heavy atom. The summed E-state index contributed by atoms with van der Waals surface area (Å²) >= 11 is 0. The monoisotopic (exact) mass is 164 g/mol. The van der Waals surface area contributed by atoms with Crippen molar-refractivity contribution in [3.63, 3.8) is 0 Å². The van der Waals surface area contributed by atoms with Gasteiger partial charge in [0.25, 0.3) is 0 Å². The molecule has 1 atom stereocenters. The summed E-state index contributed by atoms with van der Waals surface area (Å²) in [5.74, 6) is 1.10. The summed E-state index contributed by atoms with van der Waals surface area (Å²) in [5, 5.41) is 0. The molecule has 0 aliphatic heterocycles. The molecule has 1 unspecified atom stereocenters. The minimum absolute atomic E-state index is 0.444. The molecule has 0 spiro atoms. The highest BCUT2D eigenvalue weighted by atomic mass is 16.1. The van der Waals surface area contributed by atoms with Crippen LogP contribution in [0.2, 0.25) is 0 Å². The average Bonchev–Trinajstić information content (AvgIpc) is 2.40. The van der Waals surface area contributed by atoms with E-state index in [2.05, 4.69) is 6.92 Å². The van der Waals surface area contributed by atoms with Gasteiger partial charge in [-0.2, -0.15) is 0 Å². The Morgan fingerprint density at radius 2 is 2.25 bits per heavy atom. The maximum Gasteiger partial charge on any atom is 0.159 e. The van der Waals surface area contributed by atoms with E-state index in [9.17, 15) is 4.79 Å². The second kappa shape index (κ2) is 3.04. The van der Waals surface area contributed by atoms with Gasteiger partial charge in [-0.1, -0.05) is 18.9 Å². The smallest absolute Gasteiger partial charge is 0.159 e. The molecule has 0 heterocycles. The normalized spacial score (nSPS) is 29.4. The van der Waals surface area contributed by atoms with Crippen molar-refractivity contribution in [1.29, 1.82) is 0 Å². The predicted octanol–water partition coefficient (Wildman–Crippen LogP) is 2.86. The Kier molecular flexibility index (Phi) is 2.03. The zero-order valence-electron chi connectivity index (χ0n) is 7.73. The Hall–Kier alpha value is -0.590. The van der Waals surface area contributed by atoms with Crippen LogP contribution in [0.25, 0.3) is 0 Å². The zero-order valence-corrected chi connectivity index (χ0v) is 7.73. The predicted molar refractivity (Wildman–Crippen MR) is 48.9 cm³/mol. The molecule has 2 rings (SSSR count). The molecular formula is C11H16O. The maximum atomic E-state index is 11.5. The molecular weight excluding hydrogens is 148 g/mol. The van der Waals surface area contributed by atoms with Crippen LogP contribution >= 0.6 is 0 Å². The SMILES string of the molecule is CCC1=C2CCCCC2CC1=O. The number of carbonyl (C=O) groups is 1. The van der Waals surface area contributed by atoms with Gasteiger partial charge in [0, 0.05) is 6.42 Å². The van der Waals surface area contributed by atoms with Crippen molar-refractivity contribution >= 4 is 5.78 Å². The van der Waals surface area contributed by atoms with E-state index >= 15 is 0 Å². The van der Waals surface area contributed by atoms with Gasteiger partial charge >= 0.3 is 0 Å². The van der Waals surface area contributed by atoms with Gasteiger partial charge in [-0.05, 0) is 37.2 Å². The first kappa shape index (κ1) is 8.03. The Bertz CT molecular complexity index is 237. The number of ketones is 1. The molecule has 0 amide bonds. The molecule has 1 heteroatoms. The molecule has 12 heavy (non-hydrogen) atoms. The van der Waals surface area contributed by atoms with E-state index in [4.69, 9.17) is 0 Å². The molecule has 0 radical (unpaired) electrons.